The van der Waals surface area contributed by atoms with Crippen LogP contribution < -0.4 is 4.74 Å². The summed E-state index contributed by atoms with van der Waals surface area (Å²) in [4.78, 5) is 6.71. The SMILES string of the molecule is CC.CCO.Cc1cc(C(C)(C)C)on1.Cc1ccc(C#Cc2cn3cc(OCCCN4CCOCC4)c(F)cc3n2)cc1. The van der Waals surface area contributed by atoms with Crippen LogP contribution in [0.15, 0.2) is 53.3 Å². The third kappa shape index (κ3) is 12.5. The van der Waals surface area contributed by atoms with Crippen LogP contribution >= 0.6 is 0 Å². The van der Waals surface area contributed by atoms with Gasteiger partial charge in [-0.25, -0.2) is 9.37 Å². The first-order valence-corrected chi connectivity index (χ1v) is 15.3. The van der Waals surface area contributed by atoms with Crippen molar-refractivity contribution in [2.24, 2.45) is 0 Å². The lowest BCUT2D eigenvalue weighted by Crippen LogP contribution is -2.37. The highest BCUT2D eigenvalue weighted by Gasteiger charge is 2.18. The number of nitrogens with zero attached hydrogens (tertiary/aromatic N) is 4. The first-order chi connectivity index (χ1) is 21.1. The van der Waals surface area contributed by atoms with Crippen molar-refractivity contribution in [2.75, 3.05) is 46.1 Å². The molecular formula is C35H49FN4O4. The number of hydrogen-bond donors (Lipinski definition) is 1. The highest BCUT2D eigenvalue weighted by atomic mass is 19.1. The Morgan fingerprint density at radius 3 is 2.25 bits per heavy atom. The largest absolute Gasteiger partial charge is 0.489 e. The van der Waals surface area contributed by atoms with Gasteiger partial charge in [-0.3, -0.25) is 4.90 Å². The standard InChI is InChI=1S/C23H24FN3O2.C8H13NO.C2H6O.C2H6/c1-18-3-5-19(6-4-18)7-8-20-16-27-17-22(21(24)15-23(27)25-20)29-12-2-9-26-10-13-28-14-11-26;1-6-5-7(10-9-6)8(2,3)4;1-2-3;1-2/h3-6,15-17H,2,9-14H2,1H3;5H,1-4H3;3H,2H2,1H3;1-2H3. The molecule has 1 aliphatic rings. The van der Waals surface area contributed by atoms with Crippen LogP contribution in [-0.2, 0) is 10.2 Å². The third-order valence-corrected chi connectivity index (χ3v) is 6.24. The van der Waals surface area contributed by atoms with Gasteiger partial charge >= 0.3 is 0 Å². The van der Waals surface area contributed by atoms with Crippen molar-refractivity contribution >= 4 is 5.65 Å². The molecule has 1 aliphatic heterocycles. The van der Waals surface area contributed by atoms with Gasteiger partial charge in [-0.2, -0.15) is 0 Å². The molecule has 4 heterocycles. The van der Waals surface area contributed by atoms with E-state index in [1.165, 1.54) is 11.6 Å². The van der Waals surface area contributed by atoms with Gasteiger partial charge in [0, 0.05) is 55.5 Å². The lowest BCUT2D eigenvalue weighted by atomic mass is 9.93. The number of fused-ring (bicyclic) bond motifs is 1. The summed E-state index contributed by atoms with van der Waals surface area (Å²) in [6, 6.07) is 11.3. The third-order valence-electron chi connectivity index (χ3n) is 6.24. The fraction of sp³-hybridized carbons (Fsp3) is 0.486. The van der Waals surface area contributed by atoms with Gasteiger partial charge in [0.15, 0.2) is 11.6 Å². The highest BCUT2D eigenvalue weighted by Crippen LogP contribution is 2.22. The second-order valence-corrected chi connectivity index (χ2v) is 11.0. The van der Waals surface area contributed by atoms with Crippen molar-refractivity contribution in [1.29, 1.82) is 0 Å². The summed E-state index contributed by atoms with van der Waals surface area (Å²) in [5.74, 6) is 6.89. The van der Waals surface area contributed by atoms with Crippen LogP contribution in [0.25, 0.3) is 5.65 Å². The van der Waals surface area contributed by atoms with E-state index in [1.54, 1.807) is 23.7 Å². The molecule has 4 aromatic rings. The zero-order chi connectivity index (χ0) is 32.5. The molecule has 0 radical (unpaired) electrons. The Morgan fingerprint density at radius 1 is 1.02 bits per heavy atom. The molecule has 3 aromatic heterocycles. The van der Waals surface area contributed by atoms with Gasteiger partial charge in [0.1, 0.15) is 17.1 Å². The zero-order valence-corrected chi connectivity index (χ0v) is 27.6. The Bertz CT molecular complexity index is 1440. The van der Waals surface area contributed by atoms with E-state index in [4.69, 9.17) is 19.1 Å². The average molecular weight is 609 g/mol. The van der Waals surface area contributed by atoms with Gasteiger partial charge in [0.25, 0.3) is 0 Å². The molecule has 8 nitrogen and oxygen atoms in total. The topological polar surface area (TPSA) is 85.3 Å². The molecule has 0 saturated carbocycles. The molecule has 0 atom stereocenters. The Balaban J connectivity index is 0.000000375. The van der Waals surface area contributed by atoms with Crippen LogP contribution in [-0.4, -0.2) is 70.6 Å². The minimum Gasteiger partial charge on any atom is -0.489 e. The van der Waals surface area contributed by atoms with Crippen LogP contribution in [0.3, 0.4) is 0 Å². The molecule has 0 unspecified atom stereocenters. The van der Waals surface area contributed by atoms with Crippen molar-refractivity contribution in [3.05, 3.63) is 82.9 Å². The minimum absolute atomic E-state index is 0.0846. The summed E-state index contributed by atoms with van der Waals surface area (Å²) >= 11 is 0. The predicted molar refractivity (Wildman–Crippen MR) is 174 cm³/mol. The Hall–Kier alpha value is -3.71. The molecular weight excluding hydrogens is 559 g/mol. The Morgan fingerprint density at radius 2 is 1.68 bits per heavy atom. The Labute approximate surface area is 262 Å². The number of benzene rings is 1. The lowest BCUT2D eigenvalue weighted by molar-refractivity contribution is 0.0357. The van der Waals surface area contributed by atoms with Gasteiger partial charge in [-0.1, -0.05) is 63.4 Å². The van der Waals surface area contributed by atoms with Crippen LogP contribution in [0.5, 0.6) is 5.75 Å². The van der Waals surface area contributed by atoms with E-state index in [-0.39, 0.29) is 17.8 Å². The lowest BCUT2D eigenvalue weighted by Gasteiger charge is -2.26. The molecule has 1 fully saturated rings. The molecule has 0 amide bonds. The summed E-state index contributed by atoms with van der Waals surface area (Å²) in [5.41, 5.74) is 4.25. The fourth-order valence-electron chi connectivity index (χ4n) is 3.94. The normalized spacial score (nSPS) is 12.9. The highest BCUT2D eigenvalue weighted by molar-refractivity contribution is 5.49. The van der Waals surface area contributed by atoms with Crippen molar-refractivity contribution in [3.63, 3.8) is 0 Å². The predicted octanol–water partition coefficient (Wildman–Crippen LogP) is 6.59. The number of aliphatic hydroxyl groups is 1. The fourth-order valence-corrected chi connectivity index (χ4v) is 3.94. The first-order valence-electron chi connectivity index (χ1n) is 15.3. The second kappa shape index (κ2) is 18.8. The maximum Gasteiger partial charge on any atom is 0.171 e. The van der Waals surface area contributed by atoms with E-state index < -0.39 is 5.82 Å². The number of aromatic nitrogens is 3. The number of ether oxygens (including phenoxy) is 2. The molecule has 44 heavy (non-hydrogen) atoms. The number of aryl methyl sites for hydroxylation is 2. The van der Waals surface area contributed by atoms with Gasteiger partial charge in [-0.15, -0.1) is 0 Å². The van der Waals surface area contributed by atoms with Gasteiger partial charge in [-0.05, 0) is 45.2 Å². The molecule has 0 bridgehead atoms. The summed E-state index contributed by atoms with van der Waals surface area (Å²) in [7, 11) is 0. The van der Waals surface area contributed by atoms with Crippen molar-refractivity contribution in [2.45, 2.75) is 67.2 Å². The van der Waals surface area contributed by atoms with E-state index in [0.717, 1.165) is 56.3 Å². The maximum absolute atomic E-state index is 14.4. The van der Waals surface area contributed by atoms with Gasteiger partial charge < -0.3 is 23.5 Å². The monoisotopic (exact) mass is 608 g/mol. The van der Waals surface area contributed by atoms with E-state index in [0.29, 0.717) is 17.9 Å². The van der Waals surface area contributed by atoms with Crippen molar-refractivity contribution in [3.8, 4) is 17.6 Å². The molecule has 1 aromatic carbocycles. The molecule has 1 saturated heterocycles. The number of hydrogen-bond acceptors (Lipinski definition) is 7. The van der Waals surface area contributed by atoms with Crippen LogP contribution in [0.1, 0.15) is 76.2 Å². The van der Waals surface area contributed by atoms with E-state index in [2.05, 4.69) is 47.7 Å². The molecule has 0 spiro atoms. The molecule has 1 N–H and O–H groups in total. The average Bonchev–Trinajstić information content (AvgIpc) is 3.63. The second-order valence-electron chi connectivity index (χ2n) is 11.0. The summed E-state index contributed by atoms with van der Waals surface area (Å²) in [5, 5.41) is 11.4. The minimum atomic E-state index is -0.410. The number of morpholine rings is 1. The van der Waals surface area contributed by atoms with Crippen molar-refractivity contribution in [1.82, 2.24) is 19.4 Å². The smallest absolute Gasteiger partial charge is 0.171 e. The number of halogens is 1. The van der Waals surface area contributed by atoms with Crippen molar-refractivity contribution < 1.29 is 23.5 Å². The molecule has 5 rings (SSSR count). The number of aliphatic hydroxyl groups excluding tert-OH is 1. The van der Waals surface area contributed by atoms with Crippen LogP contribution in [0.2, 0.25) is 0 Å². The summed E-state index contributed by atoms with van der Waals surface area (Å²) < 4.78 is 32.2. The van der Waals surface area contributed by atoms with E-state index in [9.17, 15) is 4.39 Å². The number of imidazole rings is 1. The summed E-state index contributed by atoms with van der Waals surface area (Å²) in [6.45, 7) is 21.1. The maximum atomic E-state index is 14.4. The van der Waals surface area contributed by atoms with Gasteiger partial charge in [0.2, 0.25) is 0 Å². The quantitative estimate of drug-likeness (QED) is 0.202. The summed E-state index contributed by atoms with van der Waals surface area (Å²) in [6.07, 6.45) is 4.26. The number of rotatable bonds is 5. The molecule has 0 aliphatic carbocycles. The molecule has 240 valence electrons. The molecule has 9 heteroatoms. The zero-order valence-electron chi connectivity index (χ0n) is 27.6. The van der Waals surface area contributed by atoms with E-state index in [1.807, 2.05) is 58.0 Å². The first kappa shape index (κ1) is 36.5. The van der Waals surface area contributed by atoms with E-state index >= 15 is 0 Å². The van der Waals surface area contributed by atoms with Crippen LogP contribution in [0.4, 0.5) is 4.39 Å². The number of pyridine rings is 1. The Kier molecular flexibility index (Phi) is 15.6. The van der Waals surface area contributed by atoms with Crippen LogP contribution in [0, 0.1) is 31.5 Å². The van der Waals surface area contributed by atoms with Gasteiger partial charge in [0.05, 0.1) is 31.7 Å².